The van der Waals surface area contributed by atoms with Gasteiger partial charge in [-0.3, -0.25) is 4.90 Å². The second-order valence-corrected chi connectivity index (χ2v) is 7.74. The first kappa shape index (κ1) is 18.5. The van der Waals surface area contributed by atoms with Gasteiger partial charge in [-0.05, 0) is 51.0 Å². The molecule has 0 bridgehead atoms. The van der Waals surface area contributed by atoms with Crippen molar-refractivity contribution in [2.45, 2.75) is 64.5 Å². The molecule has 0 amide bonds. The number of aryl methyl sites for hydroxylation is 1. The minimum atomic E-state index is 0.665. The predicted octanol–water partition coefficient (Wildman–Crippen LogP) is 4.58. The van der Waals surface area contributed by atoms with Gasteiger partial charge in [0.1, 0.15) is 0 Å². The van der Waals surface area contributed by atoms with Crippen molar-refractivity contribution in [1.29, 1.82) is 0 Å². The van der Waals surface area contributed by atoms with E-state index >= 15 is 0 Å². The third-order valence-electron chi connectivity index (χ3n) is 5.36. The molecule has 0 saturated heterocycles. The monoisotopic (exact) mass is 316 g/mol. The van der Waals surface area contributed by atoms with Gasteiger partial charge in [0.05, 0.1) is 0 Å². The van der Waals surface area contributed by atoms with Gasteiger partial charge in [0.15, 0.2) is 0 Å². The van der Waals surface area contributed by atoms with E-state index in [1.807, 2.05) is 0 Å². The highest BCUT2D eigenvalue weighted by molar-refractivity contribution is 5.23. The maximum absolute atomic E-state index is 2.59. The number of benzene rings is 1. The second-order valence-electron chi connectivity index (χ2n) is 7.74. The largest absolute Gasteiger partial charge is 0.308 e. The molecule has 0 spiro atoms. The Labute approximate surface area is 143 Å². The lowest BCUT2D eigenvalue weighted by atomic mass is 9.84. The van der Waals surface area contributed by atoms with Crippen LogP contribution in [0, 0.1) is 5.92 Å². The summed E-state index contributed by atoms with van der Waals surface area (Å²) in [6.07, 6.45) is 9.73. The van der Waals surface area contributed by atoms with E-state index in [0.29, 0.717) is 6.04 Å². The van der Waals surface area contributed by atoms with Gasteiger partial charge < -0.3 is 4.90 Å². The Morgan fingerprint density at radius 2 is 1.74 bits per heavy atom. The smallest absolute Gasteiger partial charge is 0.0234 e. The summed E-state index contributed by atoms with van der Waals surface area (Å²) in [4.78, 5) is 4.94. The van der Waals surface area contributed by atoms with Gasteiger partial charge in [-0.1, -0.05) is 63.3 Å². The zero-order valence-corrected chi connectivity index (χ0v) is 15.7. The molecule has 2 rings (SSSR count). The Bertz CT molecular complexity index is 449. The molecule has 0 heterocycles. The molecule has 1 fully saturated rings. The molecule has 130 valence electrons. The molecule has 23 heavy (non-hydrogen) atoms. The van der Waals surface area contributed by atoms with E-state index in [2.05, 4.69) is 62.1 Å². The maximum Gasteiger partial charge on any atom is 0.0234 e. The molecule has 0 aliphatic heterocycles. The summed E-state index contributed by atoms with van der Waals surface area (Å²) < 4.78 is 0. The second kappa shape index (κ2) is 9.44. The van der Waals surface area contributed by atoms with Crippen LogP contribution in [-0.2, 0) is 13.0 Å². The van der Waals surface area contributed by atoms with Crippen LogP contribution in [0.4, 0.5) is 0 Å². The topological polar surface area (TPSA) is 6.48 Å². The van der Waals surface area contributed by atoms with E-state index in [9.17, 15) is 0 Å². The van der Waals surface area contributed by atoms with Crippen molar-refractivity contribution in [1.82, 2.24) is 9.80 Å². The van der Waals surface area contributed by atoms with Gasteiger partial charge in [-0.15, -0.1) is 0 Å². The van der Waals surface area contributed by atoms with Crippen LogP contribution >= 0.6 is 0 Å². The number of hydrogen-bond acceptors (Lipinski definition) is 2. The summed E-state index contributed by atoms with van der Waals surface area (Å²) in [5.41, 5.74) is 2.91. The Morgan fingerprint density at radius 1 is 1.04 bits per heavy atom. The molecule has 2 heteroatoms. The molecule has 1 saturated carbocycles. The molecular weight excluding hydrogens is 280 g/mol. The van der Waals surface area contributed by atoms with Crippen LogP contribution in [0.3, 0.4) is 0 Å². The van der Waals surface area contributed by atoms with Crippen LogP contribution in [0.25, 0.3) is 0 Å². The van der Waals surface area contributed by atoms with Gasteiger partial charge >= 0.3 is 0 Å². The first-order valence-electron chi connectivity index (χ1n) is 9.51. The SMILES string of the molecule is CCc1cccc(CN(C)[C@@H](CC2CCCCC2)CN(C)C)c1. The lowest BCUT2D eigenvalue weighted by Gasteiger charge is -2.34. The van der Waals surface area contributed by atoms with Crippen molar-refractivity contribution in [3.8, 4) is 0 Å². The van der Waals surface area contributed by atoms with Crippen molar-refractivity contribution in [3.63, 3.8) is 0 Å². The van der Waals surface area contributed by atoms with Crippen LogP contribution in [0.15, 0.2) is 24.3 Å². The van der Waals surface area contributed by atoms with Crippen LogP contribution in [-0.4, -0.2) is 43.5 Å². The lowest BCUT2D eigenvalue weighted by Crippen LogP contribution is -2.40. The van der Waals surface area contributed by atoms with Crippen LogP contribution < -0.4 is 0 Å². The highest BCUT2D eigenvalue weighted by Crippen LogP contribution is 2.29. The Balaban J connectivity index is 1.98. The van der Waals surface area contributed by atoms with E-state index in [1.54, 1.807) is 0 Å². The minimum absolute atomic E-state index is 0.665. The van der Waals surface area contributed by atoms with Crippen LogP contribution in [0.1, 0.15) is 56.6 Å². The number of rotatable bonds is 8. The minimum Gasteiger partial charge on any atom is -0.308 e. The third kappa shape index (κ3) is 6.27. The first-order chi connectivity index (χ1) is 11.1. The zero-order valence-electron chi connectivity index (χ0n) is 15.7. The summed E-state index contributed by atoms with van der Waals surface area (Å²) in [5.74, 6) is 0.943. The average Bonchev–Trinajstić information content (AvgIpc) is 2.55. The Morgan fingerprint density at radius 3 is 2.39 bits per heavy atom. The van der Waals surface area contributed by atoms with Crippen molar-refractivity contribution >= 4 is 0 Å². The standard InChI is InChI=1S/C21H36N2/c1-5-18-12-9-13-20(14-18)16-23(4)21(17-22(2)3)15-19-10-7-6-8-11-19/h9,12-14,19,21H,5-8,10-11,15-17H2,1-4H3/t21-/m0/s1. The van der Waals surface area contributed by atoms with Crippen LogP contribution in [0.2, 0.25) is 0 Å². The van der Waals surface area contributed by atoms with Gasteiger partial charge in [0.2, 0.25) is 0 Å². The molecular formula is C21H36N2. The lowest BCUT2D eigenvalue weighted by molar-refractivity contribution is 0.148. The Hall–Kier alpha value is -0.860. The summed E-state index contributed by atoms with van der Waals surface area (Å²) in [7, 11) is 6.73. The molecule has 1 aromatic rings. The third-order valence-corrected chi connectivity index (χ3v) is 5.36. The highest BCUT2D eigenvalue weighted by atomic mass is 15.2. The maximum atomic E-state index is 2.59. The normalized spacial score (nSPS) is 17.8. The molecule has 0 radical (unpaired) electrons. The fourth-order valence-electron chi connectivity index (χ4n) is 3.99. The molecule has 1 aliphatic carbocycles. The van der Waals surface area contributed by atoms with E-state index in [0.717, 1.165) is 18.9 Å². The molecule has 1 aliphatic rings. The van der Waals surface area contributed by atoms with E-state index in [-0.39, 0.29) is 0 Å². The summed E-state index contributed by atoms with van der Waals surface area (Å²) in [6, 6.07) is 9.78. The van der Waals surface area contributed by atoms with Gasteiger partial charge in [0.25, 0.3) is 0 Å². The van der Waals surface area contributed by atoms with Crippen molar-refractivity contribution in [3.05, 3.63) is 35.4 Å². The van der Waals surface area contributed by atoms with Gasteiger partial charge in [-0.2, -0.15) is 0 Å². The van der Waals surface area contributed by atoms with Crippen molar-refractivity contribution < 1.29 is 0 Å². The fourth-order valence-corrected chi connectivity index (χ4v) is 3.99. The predicted molar refractivity (Wildman–Crippen MR) is 101 cm³/mol. The molecule has 1 aromatic carbocycles. The average molecular weight is 317 g/mol. The molecule has 0 unspecified atom stereocenters. The number of likely N-dealkylation sites (N-methyl/N-ethyl adjacent to an activating group) is 2. The van der Waals surface area contributed by atoms with Crippen molar-refractivity contribution in [2.24, 2.45) is 5.92 Å². The summed E-state index contributed by atoms with van der Waals surface area (Å²) >= 11 is 0. The first-order valence-corrected chi connectivity index (χ1v) is 9.51. The number of nitrogens with zero attached hydrogens (tertiary/aromatic N) is 2. The zero-order chi connectivity index (χ0) is 16.7. The summed E-state index contributed by atoms with van der Waals surface area (Å²) in [6.45, 7) is 4.47. The molecule has 2 nitrogen and oxygen atoms in total. The number of hydrogen-bond donors (Lipinski definition) is 0. The Kier molecular flexibility index (Phi) is 7.58. The molecule has 0 aromatic heterocycles. The molecule has 1 atom stereocenters. The highest BCUT2D eigenvalue weighted by Gasteiger charge is 2.22. The summed E-state index contributed by atoms with van der Waals surface area (Å²) in [5, 5.41) is 0. The van der Waals surface area contributed by atoms with E-state index in [4.69, 9.17) is 0 Å². The fraction of sp³-hybridized carbons (Fsp3) is 0.714. The van der Waals surface area contributed by atoms with Crippen LogP contribution in [0.5, 0.6) is 0 Å². The quantitative estimate of drug-likeness (QED) is 0.692. The van der Waals surface area contributed by atoms with E-state index < -0.39 is 0 Å². The molecule has 0 N–H and O–H groups in total. The van der Waals surface area contributed by atoms with Crippen molar-refractivity contribution in [2.75, 3.05) is 27.7 Å². The van der Waals surface area contributed by atoms with Gasteiger partial charge in [-0.25, -0.2) is 0 Å². The van der Waals surface area contributed by atoms with Gasteiger partial charge in [0, 0.05) is 19.1 Å². The van der Waals surface area contributed by atoms with E-state index in [1.165, 1.54) is 56.2 Å².